The molecule has 0 unspecified atom stereocenters. The molecule has 2 rings (SSSR count). The van der Waals surface area contributed by atoms with Gasteiger partial charge in [0.25, 0.3) is 0 Å². The molecule has 3 nitrogen and oxygen atoms in total. The first-order chi connectivity index (χ1) is 7.47. The maximum atomic E-state index is 6.04. The van der Waals surface area contributed by atoms with E-state index < -0.39 is 0 Å². The van der Waals surface area contributed by atoms with Crippen molar-refractivity contribution in [2.24, 2.45) is 0 Å². The minimum Gasteiger partial charge on any atom is -0.369 e. The van der Waals surface area contributed by atoms with Crippen molar-refractivity contribution in [1.29, 1.82) is 0 Å². The van der Waals surface area contributed by atoms with Gasteiger partial charge < -0.3 is 10.3 Å². The summed E-state index contributed by atoms with van der Waals surface area (Å²) >= 11 is 0. The van der Waals surface area contributed by atoms with E-state index in [-0.39, 0.29) is 5.54 Å². The Hall–Kier alpha value is -1.51. The third-order valence-corrected chi connectivity index (χ3v) is 3.37. The lowest BCUT2D eigenvalue weighted by Gasteiger charge is -2.27. The van der Waals surface area contributed by atoms with E-state index in [4.69, 9.17) is 5.73 Å². The Kier molecular flexibility index (Phi) is 2.41. The van der Waals surface area contributed by atoms with E-state index in [9.17, 15) is 0 Å². The molecule has 86 valence electrons. The number of hydrogen-bond donors (Lipinski definition) is 1. The molecule has 0 saturated carbocycles. The van der Waals surface area contributed by atoms with Gasteiger partial charge in [-0.3, -0.25) is 0 Å². The molecule has 0 saturated heterocycles. The Balaban J connectivity index is 2.83. The highest BCUT2D eigenvalue weighted by Crippen LogP contribution is 2.30. The predicted molar refractivity (Wildman–Crippen MR) is 68.5 cm³/mol. The lowest BCUT2D eigenvalue weighted by molar-refractivity contribution is 0.357. The van der Waals surface area contributed by atoms with Crippen LogP contribution in [0, 0.1) is 6.92 Å². The van der Waals surface area contributed by atoms with Crippen LogP contribution < -0.4 is 5.73 Å². The normalized spacial score (nSPS) is 12.2. The summed E-state index contributed by atoms with van der Waals surface area (Å²) in [6.07, 6.45) is 1.02. The van der Waals surface area contributed by atoms with E-state index in [0.29, 0.717) is 5.95 Å². The van der Waals surface area contributed by atoms with Gasteiger partial charge in [-0.05, 0) is 38.8 Å². The number of imidazole rings is 1. The number of anilines is 1. The zero-order chi connectivity index (χ0) is 11.9. The Morgan fingerprint density at radius 2 is 2.06 bits per heavy atom. The van der Waals surface area contributed by atoms with Crippen molar-refractivity contribution >= 4 is 17.0 Å². The molecule has 0 amide bonds. The van der Waals surface area contributed by atoms with Crippen LogP contribution in [0.5, 0.6) is 0 Å². The second kappa shape index (κ2) is 3.51. The summed E-state index contributed by atoms with van der Waals surface area (Å²) in [5.41, 5.74) is 9.41. The molecule has 0 fully saturated rings. The number of para-hydroxylation sites is 1. The molecule has 16 heavy (non-hydrogen) atoms. The van der Waals surface area contributed by atoms with Crippen LogP contribution in [0.4, 0.5) is 5.95 Å². The summed E-state index contributed by atoms with van der Waals surface area (Å²) in [6.45, 7) is 8.66. The van der Waals surface area contributed by atoms with Crippen LogP contribution in [0.15, 0.2) is 18.2 Å². The fraction of sp³-hybridized carbons (Fsp3) is 0.462. The molecule has 1 aromatic carbocycles. The maximum Gasteiger partial charge on any atom is 0.201 e. The van der Waals surface area contributed by atoms with Crippen LogP contribution >= 0.6 is 0 Å². The molecule has 0 aliphatic rings. The van der Waals surface area contributed by atoms with Crippen LogP contribution in [-0.4, -0.2) is 9.55 Å². The number of hydrogen-bond acceptors (Lipinski definition) is 2. The third-order valence-electron chi connectivity index (χ3n) is 3.37. The zero-order valence-electron chi connectivity index (χ0n) is 10.4. The number of benzene rings is 1. The van der Waals surface area contributed by atoms with E-state index in [1.54, 1.807) is 0 Å². The maximum absolute atomic E-state index is 6.04. The van der Waals surface area contributed by atoms with E-state index in [1.165, 1.54) is 5.56 Å². The lowest BCUT2D eigenvalue weighted by atomic mass is 10.0. The molecule has 2 N–H and O–H groups in total. The predicted octanol–water partition coefficient (Wildman–Crippen LogP) is 3.07. The van der Waals surface area contributed by atoms with Crippen molar-refractivity contribution < 1.29 is 0 Å². The number of aromatic nitrogens is 2. The van der Waals surface area contributed by atoms with Crippen molar-refractivity contribution in [2.75, 3.05) is 5.73 Å². The molecular weight excluding hydrogens is 198 g/mol. The van der Waals surface area contributed by atoms with Crippen LogP contribution in [0.1, 0.15) is 32.8 Å². The smallest absolute Gasteiger partial charge is 0.201 e. The quantitative estimate of drug-likeness (QED) is 0.840. The topological polar surface area (TPSA) is 43.8 Å². The van der Waals surface area contributed by atoms with Crippen molar-refractivity contribution in [3.8, 4) is 0 Å². The first-order valence-corrected chi connectivity index (χ1v) is 5.71. The van der Waals surface area contributed by atoms with Gasteiger partial charge in [0, 0.05) is 5.54 Å². The fourth-order valence-corrected chi connectivity index (χ4v) is 2.08. The summed E-state index contributed by atoms with van der Waals surface area (Å²) in [5, 5.41) is 0. The van der Waals surface area contributed by atoms with Gasteiger partial charge in [0.2, 0.25) is 5.95 Å². The molecule has 0 bridgehead atoms. The van der Waals surface area contributed by atoms with Gasteiger partial charge in [0.1, 0.15) is 0 Å². The monoisotopic (exact) mass is 217 g/mol. The van der Waals surface area contributed by atoms with Crippen LogP contribution in [0.3, 0.4) is 0 Å². The van der Waals surface area contributed by atoms with Gasteiger partial charge in [-0.1, -0.05) is 19.1 Å². The standard InChI is InChI=1S/C13H19N3/c1-5-13(3,4)16-11-9(2)7-6-8-10(11)15-12(16)14/h6-8H,5H2,1-4H3,(H2,14,15). The molecular formula is C13H19N3. The minimum absolute atomic E-state index is 0.00491. The Labute approximate surface area is 96.3 Å². The zero-order valence-corrected chi connectivity index (χ0v) is 10.4. The van der Waals surface area contributed by atoms with Crippen LogP contribution in [0.25, 0.3) is 11.0 Å². The highest BCUT2D eigenvalue weighted by Gasteiger charge is 2.23. The van der Waals surface area contributed by atoms with Gasteiger partial charge in [-0.15, -0.1) is 0 Å². The highest BCUT2D eigenvalue weighted by atomic mass is 15.2. The molecule has 0 radical (unpaired) electrons. The Morgan fingerprint density at radius 3 is 2.69 bits per heavy atom. The van der Waals surface area contributed by atoms with E-state index in [1.807, 2.05) is 12.1 Å². The van der Waals surface area contributed by atoms with Crippen molar-refractivity contribution in [2.45, 2.75) is 39.7 Å². The number of aryl methyl sites for hydroxylation is 1. The molecule has 2 aromatic rings. The second-order valence-corrected chi connectivity index (χ2v) is 4.91. The number of nitrogen functional groups attached to an aromatic ring is 1. The molecule has 1 heterocycles. The third kappa shape index (κ3) is 1.47. The first kappa shape index (κ1) is 11.0. The Morgan fingerprint density at radius 1 is 1.38 bits per heavy atom. The number of rotatable bonds is 2. The van der Waals surface area contributed by atoms with Crippen molar-refractivity contribution in [3.63, 3.8) is 0 Å². The summed E-state index contributed by atoms with van der Waals surface area (Å²) in [7, 11) is 0. The van der Waals surface area contributed by atoms with Gasteiger partial charge >= 0.3 is 0 Å². The summed E-state index contributed by atoms with van der Waals surface area (Å²) in [4.78, 5) is 4.43. The average Bonchev–Trinajstić information content (AvgIpc) is 2.56. The van der Waals surface area contributed by atoms with E-state index in [2.05, 4.69) is 43.3 Å². The van der Waals surface area contributed by atoms with Crippen molar-refractivity contribution in [1.82, 2.24) is 9.55 Å². The molecule has 3 heteroatoms. The molecule has 0 spiro atoms. The van der Waals surface area contributed by atoms with Gasteiger partial charge in [0.15, 0.2) is 0 Å². The average molecular weight is 217 g/mol. The van der Waals surface area contributed by atoms with Crippen LogP contribution in [-0.2, 0) is 5.54 Å². The second-order valence-electron chi connectivity index (χ2n) is 4.91. The van der Waals surface area contributed by atoms with Gasteiger partial charge in [-0.2, -0.15) is 0 Å². The van der Waals surface area contributed by atoms with Crippen LogP contribution in [0.2, 0.25) is 0 Å². The lowest BCUT2D eigenvalue weighted by Crippen LogP contribution is -2.26. The van der Waals surface area contributed by atoms with E-state index >= 15 is 0 Å². The summed E-state index contributed by atoms with van der Waals surface area (Å²) in [6, 6.07) is 6.14. The Bertz CT molecular complexity index is 523. The molecule has 0 aliphatic carbocycles. The van der Waals surface area contributed by atoms with Gasteiger partial charge in [0.05, 0.1) is 11.0 Å². The molecule has 0 aliphatic heterocycles. The van der Waals surface area contributed by atoms with E-state index in [0.717, 1.165) is 17.5 Å². The number of nitrogens with zero attached hydrogens (tertiary/aromatic N) is 2. The van der Waals surface area contributed by atoms with Gasteiger partial charge in [-0.25, -0.2) is 4.98 Å². The fourth-order valence-electron chi connectivity index (χ4n) is 2.08. The molecule has 1 aromatic heterocycles. The first-order valence-electron chi connectivity index (χ1n) is 5.71. The number of fused-ring (bicyclic) bond motifs is 1. The SMILES string of the molecule is CCC(C)(C)n1c(N)nc2cccc(C)c21. The van der Waals surface area contributed by atoms with Crippen molar-refractivity contribution in [3.05, 3.63) is 23.8 Å². The largest absolute Gasteiger partial charge is 0.369 e. The number of nitrogens with two attached hydrogens (primary N) is 1. The molecule has 0 atom stereocenters. The summed E-state index contributed by atoms with van der Waals surface area (Å²) in [5.74, 6) is 0.608. The highest BCUT2D eigenvalue weighted by molar-refractivity contribution is 5.81. The summed E-state index contributed by atoms with van der Waals surface area (Å²) < 4.78 is 2.15. The minimum atomic E-state index is 0.00491.